The third-order valence-corrected chi connectivity index (χ3v) is 3.84. The molecule has 1 rings (SSSR count). The molecule has 94 valence electrons. The third-order valence-electron chi connectivity index (χ3n) is 3.84. The second-order valence-electron chi connectivity index (χ2n) is 4.49. The van der Waals surface area contributed by atoms with Gasteiger partial charge in [-0.2, -0.15) is 0 Å². The Bertz CT molecular complexity index is 218. The molecule has 3 nitrogen and oxygen atoms in total. The van der Waals surface area contributed by atoms with Crippen molar-refractivity contribution in [2.45, 2.75) is 52.0 Å². The SMILES string of the molecule is CCOCC(=O)C(CC)(CC)N1CCCC1. The zero-order valence-electron chi connectivity index (χ0n) is 10.9. The number of carbonyl (C=O) groups excluding carboxylic acids is 1. The van der Waals surface area contributed by atoms with Crippen molar-refractivity contribution in [3.05, 3.63) is 0 Å². The summed E-state index contributed by atoms with van der Waals surface area (Å²) < 4.78 is 5.29. The highest BCUT2D eigenvalue weighted by Gasteiger charge is 2.41. The van der Waals surface area contributed by atoms with Gasteiger partial charge in [0.2, 0.25) is 0 Å². The van der Waals surface area contributed by atoms with Gasteiger partial charge in [0, 0.05) is 6.61 Å². The standard InChI is InChI=1S/C13H25NO2/c1-4-13(5-2,12(15)11-16-6-3)14-9-7-8-10-14/h4-11H2,1-3H3. The minimum absolute atomic E-state index is 0.258. The number of ketones is 1. The van der Waals surface area contributed by atoms with Gasteiger partial charge in [-0.1, -0.05) is 13.8 Å². The van der Waals surface area contributed by atoms with Crippen molar-refractivity contribution in [3.63, 3.8) is 0 Å². The molecule has 0 atom stereocenters. The van der Waals surface area contributed by atoms with Crippen molar-refractivity contribution in [1.29, 1.82) is 0 Å². The molecular formula is C13H25NO2. The zero-order valence-corrected chi connectivity index (χ0v) is 10.9. The predicted molar refractivity (Wildman–Crippen MR) is 65.6 cm³/mol. The lowest BCUT2D eigenvalue weighted by atomic mass is 9.86. The maximum Gasteiger partial charge on any atom is 0.178 e. The van der Waals surface area contributed by atoms with Crippen LogP contribution in [0.25, 0.3) is 0 Å². The van der Waals surface area contributed by atoms with Gasteiger partial charge in [0.05, 0.1) is 5.54 Å². The molecule has 0 aromatic heterocycles. The largest absolute Gasteiger partial charge is 0.374 e. The maximum absolute atomic E-state index is 12.3. The molecule has 1 aliphatic rings. The van der Waals surface area contributed by atoms with Crippen LogP contribution in [-0.2, 0) is 9.53 Å². The van der Waals surface area contributed by atoms with E-state index in [1.165, 1.54) is 12.8 Å². The molecule has 3 heteroatoms. The van der Waals surface area contributed by atoms with Crippen molar-refractivity contribution in [1.82, 2.24) is 4.90 Å². The molecule has 0 amide bonds. The second kappa shape index (κ2) is 6.36. The Hall–Kier alpha value is -0.410. The molecule has 1 saturated heterocycles. The van der Waals surface area contributed by atoms with Crippen LogP contribution in [0.2, 0.25) is 0 Å². The quantitative estimate of drug-likeness (QED) is 0.668. The highest BCUT2D eigenvalue weighted by Crippen LogP contribution is 2.29. The molecule has 0 aromatic carbocycles. The molecule has 0 radical (unpaired) electrons. The van der Waals surface area contributed by atoms with Crippen LogP contribution in [0.5, 0.6) is 0 Å². The van der Waals surface area contributed by atoms with Gasteiger partial charge in [-0.25, -0.2) is 0 Å². The van der Waals surface area contributed by atoms with Gasteiger partial charge in [-0.05, 0) is 45.7 Å². The lowest BCUT2D eigenvalue weighted by Gasteiger charge is -2.39. The molecule has 0 unspecified atom stereocenters. The van der Waals surface area contributed by atoms with E-state index in [0.29, 0.717) is 6.61 Å². The zero-order chi connectivity index (χ0) is 12.0. The number of hydrogen-bond acceptors (Lipinski definition) is 3. The highest BCUT2D eigenvalue weighted by atomic mass is 16.5. The van der Waals surface area contributed by atoms with E-state index < -0.39 is 0 Å². The van der Waals surface area contributed by atoms with Crippen molar-refractivity contribution in [2.75, 3.05) is 26.3 Å². The summed E-state index contributed by atoms with van der Waals surface area (Å²) in [6.45, 7) is 9.20. The predicted octanol–water partition coefficient (Wildman–Crippen LogP) is 2.25. The van der Waals surface area contributed by atoms with Gasteiger partial charge in [0.15, 0.2) is 5.78 Å². The topological polar surface area (TPSA) is 29.5 Å². The van der Waals surface area contributed by atoms with Crippen molar-refractivity contribution in [3.8, 4) is 0 Å². The summed E-state index contributed by atoms with van der Waals surface area (Å²) in [4.78, 5) is 14.7. The summed E-state index contributed by atoms with van der Waals surface area (Å²) in [5.74, 6) is 0.265. The average molecular weight is 227 g/mol. The minimum Gasteiger partial charge on any atom is -0.374 e. The normalized spacial score (nSPS) is 17.9. The fourth-order valence-electron chi connectivity index (χ4n) is 2.74. The number of carbonyl (C=O) groups is 1. The maximum atomic E-state index is 12.3. The van der Waals surface area contributed by atoms with Crippen LogP contribution in [-0.4, -0.2) is 42.5 Å². The van der Waals surface area contributed by atoms with E-state index in [4.69, 9.17) is 4.74 Å². The summed E-state index contributed by atoms with van der Waals surface area (Å²) in [5.41, 5.74) is -0.258. The molecule has 0 aromatic rings. The Morgan fingerprint density at radius 2 is 1.75 bits per heavy atom. The van der Waals surface area contributed by atoms with Crippen LogP contribution < -0.4 is 0 Å². The number of ether oxygens (including phenoxy) is 1. The van der Waals surface area contributed by atoms with Crippen LogP contribution >= 0.6 is 0 Å². The van der Waals surface area contributed by atoms with Gasteiger partial charge in [0.25, 0.3) is 0 Å². The lowest BCUT2D eigenvalue weighted by Crippen LogP contribution is -2.54. The van der Waals surface area contributed by atoms with E-state index >= 15 is 0 Å². The Morgan fingerprint density at radius 1 is 1.19 bits per heavy atom. The fraction of sp³-hybridized carbons (Fsp3) is 0.923. The molecule has 0 spiro atoms. The van der Waals surface area contributed by atoms with Gasteiger partial charge < -0.3 is 4.74 Å². The van der Waals surface area contributed by atoms with Crippen molar-refractivity contribution < 1.29 is 9.53 Å². The average Bonchev–Trinajstić information content (AvgIpc) is 2.83. The van der Waals surface area contributed by atoms with Gasteiger partial charge in [0.1, 0.15) is 6.61 Å². The molecule has 16 heavy (non-hydrogen) atoms. The fourth-order valence-corrected chi connectivity index (χ4v) is 2.74. The van der Waals surface area contributed by atoms with Crippen molar-refractivity contribution in [2.24, 2.45) is 0 Å². The number of likely N-dealkylation sites (tertiary alicyclic amines) is 1. The van der Waals surface area contributed by atoms with Crippen LogP contribution in [0.3, 0.4) is 0 Å². The summed E-state index contributed by atoms with van der Waals surface area (Å²) in [6.07, 6.45) is 4.25. The smallest absolute Gasteiger partial charge is 0.178 e. The minimum atomic E-state index is -0.258. The monoisotopic (exact) mass is 227 g/mol. The lowest BCUT2D eigenvalue weighted by molar-refractivity contribution is -0.136. The van der Waals surface area contributed by atoms with Gasteiger partial charge in [-0.15, -0.1) is 0 Å². The van der Waals surface area contributed by atoms with Crippen LogP contribution in [0.4, 0.5) is 0 Å². The molecule has 0 saturated carbocycles. The van der Waals surface area contributed by atoms with Gasteiger partial charge in [-0.3, -0.25) is 9.69 Å². The summed E-state index contributed by atoms with van der Waals surface area (Å²) in [5, 5.41) is 0. The molecular weight excluding hydrogens is 202 g/mol. The Kier molecular flexibility index (Phi) is 5.42. The van der Waals surface area contributed by atoms with E-state index in [-0.39, 0.29) is 17.9 Å². The summed E-state index contributed by atoms with van der Waals surface area (Å²) in [6, 6.07) is 0. The molecule has 0 bridgehead atoms. The first-order valence-electron chi connectivity index (χ1n) is 6.57. The summed E-state index contributed by atoms with van der Waals surface area (Å²) >= 11 is 0. The van der Waals surface area contributed by atoms with Crippen LogP contribution in [0.15, 0.2) is 0 Å². The number of rotatable bonds is 7. The first-order valence-corrected chi connectivity index (χ1v) is 6.57. The number of hydrogen-bond donors (Lipinski definition) is 0. The van der Waals surface area contributed by atoms with Crippen LogP contribution in [0, 0.1) is 0 Å². The number of nitrogens with zero attached hydrogens (tertiary/aromatic N) is 1. The van der Waals surface area contributed by atoms with E-state index in [9.17, 15) is 4.79 Å². The molecule has 0 aliphatic carbocycles. The van der Waals surface area contributed by atoms with Crippen LogP contribution in [0.1, 0.15) is 46.5 Å². The number of Topliss-reactive ketones (excluding diaryl/α,β-unsaturated/α-hetero) is 1. The third kappa shape index (κ3) is 2.64. The first kappa shape index (κ1) is 13.7. The second-order valence-corrected chi connectivity index (χ2v) is 4.49. The molecule has 0 N–H and O–H groups in total. The first-order chi connectivity index (χ1) is 7.71. The molecule has 1 fully saturated rings. The van der Waals surface area contributed by atoms with E-state index in [1.807, 2.05) is 6.92 Å². The van der Waals surface area contributed by atoms with E-state index in [0.717, 1.165) is 25.9 Å². The highest BCUT2D eigenvalue weighted by molar-refractivity contribution is 5.89. The van der Waals surface area contributed by atoms with Crippen molar-refractivity contribution >= 4 is 5.78 Å². The summed E-state index contributed by atoms with van der Waals surface area (Å²) in [7, 11) is 0. The van der Waals surface area contributed by atoms with Gasteiger partial charge >= 0.3 is 0 Å². The molecule has 1 heterocycles. The Morgan fingerprint density at radius 3 is 2.19 bits per heavy atom. The Labute approximate surface area is 99.1 Å². The Balaban J connectivity index is 2.73. The van der Waals surface area contributed by atoms with E-state index in [2.05, 4.69) is 18.7 Å². The molecule has 1 aliphatic heterocycles. The van der Waals surface area contributed by atoms with E-state index in [1.54, 1.807) is 0 Å².